The molecule has 138 valence electrons. The molecule has 1 aromatic rings. The summed E-state index contributed by atoms with van der Waals surface area (Å²) in [6.45, 7) is 2.49. The van der Waals surface area contributed by atoms with Crippen LogP contribution in [-0.4, -0.2) is 47.9 Å². The predicted octanol–water partition coefficient (Wildman–Crippen LogP) is 2.01. The number of ether oxygens (including phenoxy) is 1. The molecule has 2 saturated heterocycles. The van der Waals surface area contributed by atoms with E-state index in [1.807, 2.05) is 18.3 Å². The van der Waals surface area contributed by atoms with Gasteiger partial charge in [-0.15, -0.1) is 0 Å². The average Bonchev–Trinajstić information content (AvgIpc) is 3.14. The Kier molecular flexibility index (Phi) is 6.64. The summed E-state index contributed by atoms with van der Waals surface area (Å²) >= 11 is 0. The van der Waals surface area contributed by atoms with E-state index in [0.29, 0.717) is 19.0 Å². The molecule has 3 rings (SSSR count). The normalized spacial score (nSPS) is 23.6. The summed E-state index contributed by atoms with van der Waals surface area (Å²) in [6, 6.07) is 4.43. The average molecular weight is 347 g/mol. The van der Waals surface area contributed by atoms with E-state index in [-0.39, 0.29) is 18.6 Å². The second kappa shape index (κ2) is 9.15. The zero-order valence-corrected chi connectivity index (χ0v) is 14.8. The maximum absolute atomic E-state index is 12.0. The first-order chi connectivity index (χ1) is 12.3. The molecule has 0 spiro atoms. The van der Waals surface area contributed by atoms with Crippen molar-refractivity contribution in [3.63, 3.8) is 0 Å². The first-order valence-corrected chi connectivity index (χ1v) is 9.47. The molecule has 0 bridgehead atoms. The summed E-state index contributed by atoms with van der Waals surface area (Å²) in [7, 11) is 0. The molecule has 0 saturated carbocycles. The van der Waals surface area contributed by atoms with Crippen LogP contribution in [0.25, 0.3) is 0 Å². The van der Waals surface area contributed by atoms with Gasteiger partial charge in [-0.05, 0) is 50.2 Å². The summed E-state index contributed by atoms with van der Waals surface area (Å²) in [5, 5.41) is 12.2. The van der Waals surface area contributed by atoms with Crippen molar-refractivity contribution in [3.05, 3.63) is 23.9 Å². The fourth-order valence-electron chi connectivity index (χ4n) is 3.73. The molecule has 2 atom stereocenters. The van der Waals surface area contributed by atoms with Gasteiger partial charge in [-0.25, -0.2) is 4.98 Å². The van der Waals surface area contributed by atoms with E-state index >= 15 is 0 Å². The van der Waals surface area contributed by atoms with E-state index in [1.54, 1.807) is 0 Å². The number of rotatable bonds is 7. The van der Waals surface area contributed by atoms with Crippen LogP contribution in [0.4, 0.5) is 5.82 Å². The van der Waals surface area contributed by atoms with Gasteiger partial charge < -0.3 is 20.1 Å². The van der Waals surface area contributed by atoms with Crippen molar-refractivity contribution in [2.24, 2.45) is 0 Å². The number of carbonyl (C=O) groups excluding carboxylic acids is 1. The molecule has 2 fully saturated rings. The van der Waals surface area contributed by atoms with Gasteiger partial charge >= 0.3 is 0 Å². The van der Waals surface area contributed by atoms with Crippen molar-refractivity contribution in [2.45, 2.75) is 63.6 Å². The van der Waals surface area contributed by atoms with Crippen LogP contribution in [0, 0.1) is 0 Å². The standard InChI is InChI=1S/C19H29N3O3/c23-10-8-16-4-1-2-9-22(16)18-7-6-15(13-20-18)14-21-19(24)12-17-5-3-11-25-17/h6-7,13,16-17,23H,1-5,8-12,14H2,(H,21,24)/t16-,17+/m1/s1. The molecule has 6 nitrogen and oxygen atoms in total. The molecular weight excluding hydrogens is 318 g/mol. The minimum absolute atomic E-state index is 0.0371. The number of aromatic nitrogens is 1. The second-order valence-corrected chi connectivity index (χ2v) is 7.00. The van der Waals surface area contributed by atoms with E-state index in [0.717, 1.165) is 50.2 Å². The molecule has 2 aliphatic rings. The number of pyridine rings is 1. The van der Waals surface area contributed by atoms with Crippen LogP contribution in [0.5, 0.6) is 0 Å². The molecule has 6 heteroatoms. The fourth-order valence-corrected chi connectivity index (χ4v) is 3.73. The van der Waals surface area contributed by atoms with Crippen molar-refractivity contribution >= 4 is 11.7 Å². The van der Waals surface area contributed by atoms with Crippen molar-refractivity contribution < 1.29 is 14.6 Å². The van der Waals surface area contributed by atoms with Crippen molar-refractivity contribution in [2.75, 3.05) is 24.7 Å². The van der Waals surface area contributed by atoms with E-state index in [4.69, 9.17) is 4.74 Å². The minimum atomic E-state index is 0.0371. The summed E-state index contributed by atoms with van der Waals surface area (Å²) in [5.74, 6) is 1.00. The fraction of sp³-hybridized carbons (Fsp3) is 0.684. The number of carbonyl (C=O) groups is 1. The number of hydrogen-bond acceptors (Lipinski definition) is 5. The first-order valence-electron chi connectivity index (χ1n) is 9.47. The molecule has 0 unspecified atom stereocenters. The number of nitrogens with one attached hydrogen (secondary N) is 1. The van der Waals surface area contributed by atoms with Crippen LogP contribution < -0.4 is 10.2 Å². The predicted molar refractivity (Wildman–Crippen MR) is 96.4 cm³/mol. The Balaban J connectivity index is 1.50. The van der Waals surface area contributed by atoms with Gasteiger partial charge in [0.25, 0.3) is 0 Å². The lowest BCUT2D eigenvalue weighted by Crippen LogP contribution is -2.40. The third-order valence-electron chi connectivity index (χ3n) is 5.12. The zero-order valence-electron chi connectivity index (χ0n) is 14.8. The number of aliphatic hydroxyl groups is 1. The van der Waals surface area contributed by atoms with Crippen LogP contribution >= 0.6 is 0 Å². The van der Waals surface area contributed by atoms with Crippen LogP contribution in [0.15, 0.2) is 18.3 Å². The molecule has 0 aliphatic carbocycles. The Bertz CT molecular complexity index is 541. The number of amides is 1. The molecule has 1 aromatic heterocycles. The van der Waals surface area contributed by atoms with Gasteiger partial charge in [0.15, 0.2) is 0 Å². The van der Waals surface area contributed by atoms with Crippen LogP contribution in [0.2, 0.25) is 0 Å². The quantitative estimate of drug-likeness (QED) is 0.789. The Morgan fingerprint density at radius 3 is 2.96 bits per heavy atom. The number of piperidine rings is 1. The number of nitrogens with zero attached hydrogens (tertiary/aromatic N) is 2. The van der Waals surface area contributed by atoms with Gasteiger partial charge in [0, 0.05) is 38.5 Å². The van der Waals surface area contributed by atoms with Crippen molar-refractivity contribution in [3.8, 4) is 0 Å². The summed E-state index contributed by atoms with van der Waals surface area (Å²) in [5.41, 5.74) is 1.00. The minimum Gasteiger partial charge on any atom is -0.396 e. The first kappa shape index (κ1) is 18.1. The van der Waals surface area contributed by atoms with Crippen LogP contribution in [0.1, 0.15) is 50.5 Å². The molecule has 3 heterocycles. The topological polar surface area (TPSA) is 74.7 Å². The highest BCUT2D eigenvalue weighted by Crippen LogP contribution is 2.25. The maximum atomic E-state index is 12.0. The molecular formula is C19H29N3O3. The Morgan fingerprint density at radius 1 is 1.32 bits per heavy atom. The number of hydrogen-bond donors (Lipinski definition) is 2. The molecule has 0 radical (unpaired) electrons. The summed E-state index contributed by atoms with van der Waals surface area (Å²) in [6.07, 6.45) is 8.70. The van der Waals surface area contributed by atoms with E-state index < -0.39 is 0 Å². The maximum Gasteiger partial charge on any atom is 0.222 e. The molecule has 25 heavy (non-hydrogen) atoms. The Hall–Kier alpha value is -1.66. The van der Waals surface area contributed by atoms with Gasteiger partial charge in [-0.1, -0.05) is 6.07 Å². The van der Waals surface area contributed by atoms with E-state index in [2.05, 4.69) is 15.2 Å². The third kappa shape index (κ3) is 5.16. The number of aliphatic hydroxyl groups excluding tert-OH is 1. The van der Waals surface area contributed by atoms with Crippen molar-refractivity contribution in [1.82, 2.24) is 10.3 Å². The molecule has 1 amide bonds. The van der Waals surface area contributed by atoms with Crippen LogP contribution in [0.3, 0.4) is 0 Å². The Labute approximate surface area is 149 Å². The van der Waals surface area contributed by atoms with E-state index in [9.17, 15) is 9.90 Å². The van der Waals surface area contributed by atoms with Gasteiger partial charge in [-0.2, -0.15) is 0 Å². The summed E-state index contributed by atoms with van der Waals surface area (Å²) in [4.78, 5) is 18.8. The SMILES string of the molecule is O=C(C[C@@H]1CCCO1)NCc1ccc(N2CCCC[C@@H]2CCO)nc1. The highest BCUT2D eigenvalue weighted by molar-refractivity contribution is 5.76. The highest BCUT2D eigenvalue weighted by atomic mass is 16.5. The molecule has 2 aliphatic heterocycles. The lowest BCUT2D eigenvalue weighted by molar-refractivity contribution is -0.123. The van der Waals surface area contributed by atoms with Crippen LogP contribution in [-0.2, 0) is 16.1 Å². The largest absolute Gasteiger partial charge is 0.396 e. The van der Waals surface area contributed by atoms with Gasteiger partial charge in [0.1, 0.15) is 5.82 Å². The highest BCUT2D eigenvalue weighted by Gasteiger charge is 2.23. The monoisotopic (exact) mass is 347 g/mol. The van der Waals surface area contributed by atoms with Gasteiger partial charge in [-0.3, -0.25) is 4.79 Å². The van der Waals surface area contributed by atoms with E-state index in [1.165, 1.54) is 12.8 Å². The summed E-state index contributed by atoms with van der Waals surface area (Å²) < 4.78 is 5.49. The molecule has 0 aromatic carbocycles. The zero-order chi connectivity index (χ0) is 17.5. The Morgan fingerprint density at radius 2 is 2.24 bits per heavy atom. The van der Waals surface area contributed by atoms with Gasteiger partial charge in [0.05, 0.1) is 12.5 Å². The second-order valence-electron chi connectivity index (χ2n) is 7.00. The smallest absolute Gasteiger partial charge is 0.222 e. The lowest BCUT2D eigenvalue weighted by Gasteiger charge is -2.36. The molecule has 2 N–H and O–H groups in total. The van der Waals surface area contributed by atoms with Gasteiger partial charge in [0.2, 0.25) is 5.91 Å². The lowest BCUT2D eigenvalue weighted by atomic mass is 9.99. The van der Waals surface area contributed by atoms with Crippen molar-refractivity contribution in [1.29, 1.82) is 0 Å². The third-order valence-corrected chi connectivity index (χ3v) is 5.12. The number of anilines is 1.